The van der Waals surface area contributed by atoms with E-state index in [0.717, 1.165) is 11.1 Å². The van der Waals surface area contributed by atoms with Gasteiger partial charge in [-0.3, -0.25) is 4.79 Å². The van der Waals surface area contributed by atoms with Gasteiger partial charge < -0.3 is 36.1 Å². The Hall–Kier alpha value is -4.05. The predicted molar refractivity (Wildman–Crippen MR) is 124 cm³/mol. The first-order valence-electron chi connectivity index (χ1n) is 10.2. The molecule has 2 aromatic carbocycles. The van der Waals surface area contributed by atoms with Gasteiger partial charge in [-0.15, -0.1) is 0 Å². The van der Waals surface area contributed by atoms with Gasteiger partial charge in [0.15, 0.2) is 11.5 Å². The van der Waals surface area contributed by atoms with Crippen molar-refractivity contribution in [3.8, 4) is 17.2 Å². The van der Waals surface area contributed by atoms with E-state index in [1.54, 1.807) is 36.5 Å². The van der Waals surface area contributed by atoms with Crippen molar-refractivity contribution in [1.82, 2.24) is 9.97 Å². The maximum Gasteiger partial charge on any atom is 0.221 e. The summed E-state index contributed by atoms with van der Waals surface area (Å²) in [6, 6.07) is 12.3. The smallest absolute Gasteiger partial charge is 0.221 e. The highest BCUT2D eigenvalue weighted by atomic mass is 16.5. The Morgan fingerprint density at radius 1 is 1.09 bits per heavy atom. The Labute approximate surface area is 191 Å². The fourth-order valence-corrected chi connectivity index (χ4v) is 3.00. The second-order valence-electron chi connectivity index (χ2n) is 7.28. The minimum absolute atomic E-state index is 0.00307. The van der Waals surface area contributed by atoms with E-state index >= 15 is 0 Å². The van der Waals surface area contributed by atoms with Crippen molar-refractivity contribution in [2.45, 2.75) is 19.4 Å². The van der Waals surface area contributed by atoms with Crippen LogP contribution in [-0.2, 0) is 11.2 Å². The third-order valence-electron chi connectivity index (χ3n) is 4.59. The van der Waals surface area contributed by atoms with E-state index in [-0.39, 0.29) is 25.1 Å². The molecule has 10 nitrogen and oxygen atoms in total. The fourth-order valence-electron chi connectivity index (χ4n) is 3.00. The molecule has 1 aromatic heterocycles. The molecule has 0 saturated heterocycles. The van der Waals surface area contributed by atoms with Crippen LogP contribution < -0.4 is 31.0 Å². The van der Waals surface area contributed by atoms with Gasteiger partial charge in [0.2, 0.25) is 11.9 Å². The van der Waals surface area contributed by atoms with Crippen molar-refractivity contribution in [3.63, 3.8) is 0 Å². The highest BCUT2D eigenvalue weighted by molar-refractivity contribution is 5.88. The van der Waals surface area contributed by atoms with E-state index in [0.29, 0.717) is 35.2 Å². The molecule has 1 atom stereocenters. The molecule has 1 amide bonds. The Bertz CT molecular complexity index is 1090. The van der Waals surface area contributed by atoms with Crippen LogP contribution in [0.4, 0.5) is 17.5 Å². The second kappa shape index (κ2) is 11.0. The molecule has 0 spiro atoms. The molecule has 0 fully saturated rings. The number of carbonyl (C=O) groups is 1. The number of nitrogen functional groups attached to an aromatic ring is 2. The Kier molecular flexibility index (Phi) is 7.87. The molecule has 0 aliphatic carbocycles. The highest BCUT2D eigenvalue weighted by Gasteiger charge is 2.12. The van der Waals surface area contributed by atoms with E-state index in [1.807, 2.05) is 12.1 Å². The summed E-state index contributed by atoms with van der Waals surface area (Å²) in [6.07, 6.45) is 1.19. The molecule has 3 aromatic rings. The van der Waals surface area contributed by atoms with Crippen molar-refractivity contribution >= 4 is 23.4 Å². The van der Waals surface area contributed by atoms with E-state index in [2.05, 4.69) is 15.3 Å². The van der Waals surface area contributed by atoms with Crippen LogP contribution in [0.25, 0.3) is 0 Å². The molecule has 1 unspecified atom stereocenters. The number of aromatic nitrogens is 2. The lowest BCUT2D eigenvalue weighted by atomic mass is 10.1. The predicted octanol–water partition coefficient (Wildman–Crippen LogP) is 2.02. The van der Waals surface area contributed by atoms with Crippen LogP contribution in [0.3, 0.4) is 0 Å². The minimum atomic E-state index is -0.880. The number of hydrogen-bond acceptors (Lipinski definition) is 9. The molecule has 0 bridgehead atoms. The summed E-state index contributed by atoms with van der Waals surface area (Å²) in [5.41, 5.74) is 13.8. The third kappa shape index (κ3) is 6.97. The lowest BCUT2D eigenvalue weighted by Crippen LogP contribution is -2.25. The molecule has 6 N–H and O–H groups in total. The normalized spacial score (nSPS) is 11.5. The van der Waals surface area contributed by atoms with Crippen LogP contribution in [0.2, 0.25) is 0 Å². The Morgan fingerprint density at radius 2 is 1.82 bits per heavy atom. The van der Waals surface area contributed by atoms with Gasteiger partial charge in [0.25, 0.3) is 0 Å². The standard InChI is InChI=1S/C23H27N5O5/c1-14(29)27-17-4-6-19(7-5-17)32-12-18(30)13-33-21-10-15(3-8-20(21)31-2)9-16-11-26-23(25)28-22(16)24/h3-8,10-11,18,30H,9,12-13H2,1-2H3,(H,27,29)(H4,24,25,26,28). The largest absolute Gasteiger partial charge is 0.493 e. The number of methoxy groups -OCH3 is 1. The number of rotatable bonds is 10. The van der Waals surface area contributed by atoms with E-state index in [1.165, 1.54) is 14.0 Å². The SMILES string of the molecule is COc1ccc(Cc2cnc(N)nc2N)cc1OCC(O)COc1ccc(NC(C)=O)cc1. The zero-order chi connectivity index (χ0) is 23.8. The van der Waals surface area contributed by atoms with E-state index in [4.69, 9.17) is 25.7 Å². The average molecular weight is 453 g/mol. The number of ether oxygens (including phenoxy) is 3. The lowest BCUT2D eigenvalue weighted by molar-refractivity contribution is -0.114. The van der Waals surface area contributed by atoms with Gasteiger partial charge in [-0.05, 0) is 42.0 Å². The summed E-state index contributed by atoms with van der Waals surface area (Å²) in [7, 11) is 1.54. The number of amides is 1. The van der Waals surface area contributed by atoms with Crippen LogP contribution in [0, 0.1) is 0 Å². The molecule has 33 heavy (non-hydrogen) atoms. The number of nitrogens with zero attached hydrogens (tertiary/aromatic N) is 2. The minimum Gasteiger partial charge on any atom is -0.493 e. The average Bonchev–Trinajstić information content (AvgIpc) is 2.79. The summed E-state index contributed by atoms with van der Waals surface area (Å²) in [6.45, 7) is 1.46. The number of hydrogen-bond donors (Lipinski definition) is 4. The molecule has 3 rings (SSSR count). The number of nitrogens with two attached hydrogens (primary N) is 2. The van der Waals surface area contributed by atoms with E-state index < -0.39 is 6.10 Å². The zero-order valence-corrected chi connectivity index (χ0v) is 18.4. The molecule has 10 heteroatoms. The monoisotopic (exact) mass is 453 g/mol. The maximum absolute atomic E-state index is 11.1. The molecule has 0 radical (unpaired) electrons. The third-order valence-corrected chi connectivity index (χ3v) is 4.59. The number of aliphatic hydroxyl groups is 1. The first-order chi connectivity index (χ1) is 15.8. The van der Waals surface area contributed by atoms with Crippen LogP contribution >= 0.6 is 0 Å². The van der Waals surface area contributed by atoms with Crippen LogP contribution in [-0.4, -0.2) is 47.4 Å². The molecule has 0 saturated carbocycles. The highest BCUT2D eigenvalue weighted by Crippen LogP contribution is 2.29. The maximum atomic E-state index is 11.1. The van der Waals surface area contributed by atoms with Gasteiger partial charge in [-0.1, -0.05) is 6.07 Å². The summed E-state index contributed by atoms with van der Waals surface area (Å²) in [5, 5.41) is 13.0. The van der Waals surface area contributed by atoms with Crippen molar-refractivity contribution in [3.05, 3.63) is 59.8 Å². The summed E-state index contributed by atoms with van der Waals surface area (Å²) in [4.78, 5) is 19.0. The summed E-state index contributed by atoms with van der Waals surface area (Å²) >= 11 is 0. The van der Waals surface area contributed by atoms with Crippen LogP contribution in [0.1, 0.15) is 18.1 Å². The first kappa shape index (κ1) is 23.6. The number of carbonyl (C=O) groups excluding carboxylic acids is 1. The van der Waals surface area contributed by atoms with Crippen LogP contribution in [0.5, 0.6) is 17.2 Å². The van der Waals surface area contributed by atoms with Crippen molar-refractivity contribution in [2.24, 2.45) is 0 Å². The van der Waals surface area contributed by atoms with Crippen molar-refractivity contribution < 1.29 is 24.1 Å². The quantitative estimate of drug-likeness (QED) is 0.361. The topological polar surface area (TPSA) is 155 Å². The lowest BCUT2D eigenvalue weighted by Gasteiger charge is -2.16. The van der Waals surface area contributed by atoms with E-state index in [9.17, 15) is 9.90 Å². The molecular weight excluding hydrogens is 426 g/mol. The molecule has 174 valence electrons. The number of benzene rings is 2. The second-order valence-corrected chi connectivity index (χ2v) is 7.28. The van der Waals surface area contributed by atoms with Gasteiger partial charge in [-0.2, -0.15) is 4.98 Å². The fraction of sp³-hybridized carbons (Fsp3) is 0.261. The molecule has 1 heterocycles. The number of nitrogens with one attached hydrogen (secondary N) is 1. The van der Waals surface area contributed by atoms with Gasteiger partial charge in [-0.25, -0.2) is 4.98 Å². The van der Waals surface area contributed by atoms with Crippen LogP contribution in [0.15, 0.2) is 48.7 Å². The number of aliphatic hydroxyl groups excluding tert-OH is 1. The molecule has 0 aliphatic rings. The van der Waals surface area contributed by atoms with Gasteiger partial charge >= 0.3 is 0 Å². The molecular formula is C23H27N5O5. The van der Waals surface area contributed by atoms with Gasteiger partial charge in [0.1, 0.15) is 30.9 Å². The van der Waals surface area contributed by atoms with Crippen molar-refractivity contribution in [2.75, 3.05) is 37.1 Å². The van der Waals surface area contributed by atoms with Gasteiger partial charge in [0.05, 0.1) is 7.11 Å². The Balaban J connectivity index is 1.56. The molecule has 0 aliphatic heterocycles. The first-order valence-corrected chi connectivity index (χ1v) is 10.2. The van der Waals surface area contributed by atoms with Gasteiger partial charge in [0, 0.05) is 30.8 Å². The number of anilines is 3. The van der Waals surface area contributed by atoms with Crippen molar-refractivity contribution in [1.29, 1.82) is 0 Å². The Morgan fingerprint density at radius 3 is 2.48 bits per heavy atom. The summed E-state index contributed by atoms with van der Waals surface area (Å²) in [5.74, 6) is 1.85. The zero-order valence-electron chi connectivity index (χ0n) is 18.4. The summed E-state index contributed by atoms with van der Waals surface area (Å²) < 4.78 is 16.7.